The third-order valence-electron chi connectivity index (χ3n) is 1.57. The molecule has 67 valence electrons. The summed E-state index contributed by atoms with van der Waals surface area (Å²) in [6.45, 7) is 2.33. The summed E-state index contributed by atoms with van der Waals surface area (Å²) in [6, 6.07) is 3.62. The Morgan fingerprint density at radius 1 is 1.67 bits per heavy atom. The molecule has 0 aliphatic carbocycles. The van der Waals surface area contributed by atoms with Crippen LogP contribution in [0.5, 0.6) is 0 Å². The average molecular weight is 168 g/mol. The van der Waals surface area contributed by atoms with Gasteiger partial charge in [0.2, 0.25) is 0 Å². The summed E-state index contributed by atoms with van der Waals surface area (Å²) in [4.78, 5) is 1.67. The minimum absolute atomic E-state index is 0.479. The highest BCUT2D eigenvalue weighted by atomic mass is 16.4. The highest BCUT2D eigenvalue weighted by Gasteiger charge is 2.11. The van der Waals surface area contributed by atoms with Crippen molar-refractivity contribution in [2.45, 2.75) is 13.0 Å². The molecule has 3 heteroatoms. The van der Waals surface area contributed by atoms with Gasteiger partial charge in [0.25, 0.3) is 0 Å². The van der Waals surface area contributed by atoms with Gasteiger partial charge < -0.3 is 14.4 Å². The maximum Gasteiger partial charge on any atom is 0.133 e. The van der Waals surface area contributed by atoms with E-state index in [2.05, 4.69) is 7.05 Å². The Morgan fingerprint density at radius 3 is 2.75 bits per heavy atom. The van der Waals surface area contributed by atoms with E-state index in [0.29, 0.717) is 12.3 Å². The molecule has 0 amide bonds. The number of nitrogens with zero attached hydrogens (tertiary/aromatic N) is 1. The van der Waals surface area contributed by atoms with Crippen LogP contribution in [0.25, 0.3) is 0 Å². The van der Waals surface area contributed by atoms with Gasteiger partial charge in [-0.1, -0.05) is 0 Å². The van der Waals surface area contributed by atoms with Crippen molar-refractivity contribution < 1.29 is 9.52 Å². The molecule has 3 nitrogen and oxygen atoms in total. The van der Waals surface area contributed by atoms with Crippen LogP contribution in [0.4, 0.5) is 0 Å². The molecule has 0 spiro atoms. The van der Waals surface area contributed by atoms with E-state index in [9.17, 15) is 5.11 Å². The van der Waals surface area contributed by atoms with Crippen LogP contribution < -0.4 is 0 Å². The predicted molar refractivity (Wildman–Crippen MR) is 46.4 cm³/mol. The molecule has 1 atom stereocenters. The molecule has 1 unspecified atom stereocenters. The molecule has 0 saturated carbocycles. The summed E-state index contributed by atoms with van der Waals surface area (Å²) < 4.78 is 5.24. The quantitative estimate of drug-likeness (QED) is 0.740. The minimum Gasteiger partial charge on any atom is -0.464 e. The van der Waals surface area contributed by atoms with Crippen molar-refractivity contribution in [2.24, 2.45) is 0 Å². The largest absolute Gasteiger partial charge is 0.464 e. The second kappa shape index (κ2) is 3.74. The van der Waals surface area contributed by atoms with E-state index < -0.39 is 6.10 Å². The lowest BCUT2D eigenvalue weighted by molar-refractivity contribution is 0.120. The third kappa shape index (κ3) is 2.36. The molecule has 0 aliphatic rings. The molecule has 12 heavy (non-hydrogen) atoms. The molecule has 0 aliphatic heterocycles. The molecule has 0 fully saturated rings. The van der Waals surface area contributed by atoms with Gasteiger partial charge in [-0.3, -0.25) is 0 Å². The van der Waals surface area contributed by atoms with Crippen molar-refractivity contribution in [1.82, 2.24) is 4.90 Å². The minimum atomic E-state index is -0.582. The summed E-state index contributed by atoms with van der Waals surface area (Å²) >= 11 is 0. The van der Waals surface area contributed by atoms with E-state index in [-0.39, 0.29) is 0 Å². The Morgan fingerprint density at radius 2 is 2.33 bits per heavy atom. The third-order valence-corrected chi connectivity index (χ3v) is 1.57. The standard InChI is InChI=1S/C9H14NO2/c1-7-4-5-9(12-7)8(11)6-10(2)3/h4-5,8,11H,2,6H2,1,3H3. The van der Waals surface area contributed by atoms with Gasteiger partial charge in [0.05, 0.1) is 0 Å². The Labute approximate surface area is 72.6 Å². The first-order valence-electron chi connectivity index (χ1n) is 3.85. The lowest BCUT2D eigenvalue weighted by Gasteiger charge is -2.13. The van der Waals surface area contributed by atoms with E-state index in [1.165, 1.54) is 0 Å². The molecular formula is C9H14NO2. The summed E-state index contributed by atoms with van der Waals surface area (Å²) in [5.74, 6) is 1.42. The molecule has 0 bridgehead atoms. The Hall–Kier alpha value is -0.800. The number of aliphatic hydroxyl groups excluding tert-OH is 1. The topological polar surface area (TPSA) is 36.6 Å². The van der Waals surface area contributed by atoms with Crippen molar-refractivity contribution >= 4 is 0 Å². The van der Waals surface area contributed by atoms with Gasteiger partial charge >= 0.3 is 0 Å². The van der Waals surface area contributed by atoms with Crippen LogP contribution in [0.3, 0.4) is 0 Å². The first-order valence-corrected chi connectivity index (χ1v) is 3.85. The fraction of sp³-hybridized carbons (Fsp3) is 0.444. The van der Waals surface area contributed by atoms with E-state index in [0.717, 1.165) is 5.76 Å². The summed E-state index contributed by atoms with van der Waals surface area (Å²) in [5, 5.41) is 9.53. The molecule has 1 aromatic rings. The maximum absolute atomic E-state index is 9.53. The van der Waals surface area contributed by atoms with Crippen molar-refractivity contribution in [3.63, 3.8) is 0 Å². The fourth-order valence-corrected chi connectivity index (χ4v) is 1.02. The van der Waals surface area contributed by atoms with Crippen LogP contribution in [-0.2, 0) is 0 Å². The SMILES string of the molecule is [CH2]N(C)CC(O)c1ccc(C)o1. The molecule has 0 aromatic carbocycles. The number of hydrogen-bond acceptors (Lipinski definition) is 3. The number of aliphatic hydroxyl groups is 1. The van der Waals surface area contributed by atoms with E-state index in [1.807, 2.05) is 13.0 Å². The van der Waals surface area contributed by atoms with Gasteiger partial charge in [-0.2, -0.15) is 0 Å². The monoisotopic (exact) mass is 168 g/mol. The number of aryl methyl sites for hydroxylation is 1. The van der Waals surface area contributed by atoms with E-state index in [4.69, 9.17) is 4.42 Å². The zero-order valence-corrected chi connectivity index (χ0v) is 7.45. The van der Waals surface area contributed by atoms with Gasteiger partial charge in [0.1, 0.15) is 17.6 Å². The van der Waals surface area contributed by atoms with Crippen LogP contribution in [0.2, 0.25) is 0 Å². The van der Waals surface area contributed by atoms with Gasteiger partial charge in [-0.15, -0.1) is 0 Å². The molecule has 1 heterocycles. The van der Waals surface area contributed by atoms with Crippen LogP contribution in [-0.4, -0.2) is 23.6 Å². The van der Waals surface area contributed by atoms with Crippen molar-refractivity contribution in [3.8, 4) is 0 Å². The number of furan rings is 1. The molecule has 1 aromatic heterocycles. The van der Waals surface area contributed by atoms with E-state index >= 15 is 0 Å². The summed E-state index contributed by atoms with van der Waals surface area (Å²) in [5.41, 5.74) is 0. The smallest absolute Gasteiger partial charge is 0.133 e. The predicted octanol–water partition coefficient (Wildman–Crippen LogP) is 1.34. The fourth-order valence-electron chi connectivity index (χ4n) is 1.02. The highest BCUT2D eigenvalue weighted by Crippen LogP contribution is 2.16. The molecule has 1 rings (SSSR count). The van der Waals surface area contributed by atoms with Gasteiger partial charge in [0, 0.05) is 13.6 Å². The second-order valence-electron chi connectivity index (χ2n) is 3.00. The Kier molecular flexibility index (Phi) is 2.89. The van der Waals surface area contributed by atoms with E-state index in [1.54, 1.807) is 18.0 Å². The average Bonchev–Trinajstić information content (AvgIpc) is 2.34. The summed E-state index contributed by atoms with van der Waals surface area (Å²) in [6.07, 6.45) is -0.582. The number of rotatable bonds is 3. The normalized spacial score (nSPS) is 13.8. The summed E-state index contributed by atoms with van der Waals surface area (Å²) in [7, 11) is 5.45. The molecule has 0 saturated heterocycles. The maximum atomic E-state index is 9.53. The zero-order valence-electron chi connectivity index (χ0n) is 7.45. The zero-order chi connectivity index (χ0) is 9.14. The molecular weight excluding hydrogens is 154 g/mol. The Bertz CT molecular complexity index is 242. The highest BCUT2D eigenvalue weighted by molar-refractivity contribution is 5.08. The number of hydrogen-bond donors (Lipinski definition) is 1. The van der Waals surface area contributed by atoms with Crippen LogP contribution >= 0.6 is 0 Å². The lowest BCUT2D eigenvalue weighted by Crippen LogP contribution is -2.17. The first kappa shape index (κ1) is 9.29. The van der Waals surface area contributed by atoms with Crippen LogP contribution in [0, 0.1) is 14.0 Å². The Balaban J connectivity index is 2.58. The van der Waals surface area contributed by atoms with Gasteiger partial charge in [-0.05, 0) is 26.1 Å². The van der Waals surface area contributed by atoms with Crippen molar-refractivity contribution in [2.75, 3.05) is 13.6 Å². The van der Waals surface area contributed by atoms with Crippen LogP contribution in [0.15, 0.2) is 16.5 Å². The number of likely N-dealkylation sites (N-methyl/N-ethyl adjacent to an activating group) is 1. The van der Waals surface area contributed by atoms with Gasteiger partial charge in [-0.25, -0.2) is 0 Å². The lowest BCUT2D eigenvalue weighted by atomic mass is 10.2. The van der Waals surface area contributed by atoms with Crippen LogP contribution in [0.1, 0.15) is 17.6 Å². The molecule has 1 N–H and O–H groups in total. The second-order valence-corrected chi connectivity index (χ2v) is 3.00. The molecule has 1 radical (unpaired) electrons. The van der Waals surface area contributed by atoms with Gasteiger partial charge in [0.15, 0.2) is 0 Å². The van der Waals surface area contributed by atoms with Crippen molar-refractivity contribution in [3.05, 3.63) is 30.7 Å². The first-order chi connectivity index (χ1) is 5.59. The van der Waals surface area contributed by atoms with Crippen molar-refractivity contribution in [1.29, 1.82) is 0 Å².